The summed E-state index contributed by atoms with van der Waals surface area (Å²) >= 11 is 12.4. The van der Waals surface area contributed by atoms with E-state index < -0.39 is 0 Å². The second-order valence-electron chi connectivity index (χ2n) is 6.02. The maximum absolute atomic E-state index is 6.29. The van der Waals surface area contributed by atoms with Crippen LogP contribution in [0.1, 0.15) is 31.2 Å². The van der Waals surface area contributed by atoms with E-state index in [0.717, 1.165) is 34.2 Å². The SMILES string of the molecule is CNC(Cc1cc(Cl)ccc1Cl)C1C2CCCCC21. The fourth-order valence-electron chi connectivity index (χ4n) is 4.01. The van der Waals surface area contributed by atoms with Crippen molar-refractivity contribution in [1.29, 1.82) is 0 Å². The van der Waals surface area contributed by atoms with Gasteiger partial charge in [-0.3, -0.25) is 0 Å². The second-order valence-corrected chi connectivity index (χ2v) is 6.87. The first-order valence-corrected chi connectivity index (χ1v) is 8.07. The smallest absolute Gasteiger partial charge is 0.0439 e. The zero-order valence-electron chi connectivity index (χ0n) is 11.3. The number of fused-ring (bicyclic) bond motifs is 1. The molecule has 1 aromatic rings. The van der Waals surface area contributed by atoms with E-state index in [9.17, 15) is 0 Å². The third-order valence-electron chi connectivity index (χ3n) is 5.01. The molecule has 104 valence electrons. The van der Waals surface area contributed by atoms with Gasteiger partial charge in [-0.05, 0) is 67.8 Å². The number of hydrogen-bond acceptors (Lipinski definition) is 1. The Labute approximate surface area is 125 Å². The van der Waals surface area contributed by atoms with Gasteiger partial charge in [0.2, 0.25) is 0 Å². The van der Waals surface area contributed by atoms with E-state index in [-0.39, 0.29) is 0 Å². The minimum Gasteiger partial charge on any atom is -0.316 e. The molecule has 3 rings (SSSR count). The van der Waals surface area contributed by atoms with Gasteiger partial charge in [-0.1, -0.05) is 36.0 Å². The van der Waals surface area contributed by atoms with Gasteiger partial charge < -0.3 is 5.32 Å². The highest BCUT2D eigenvalue weighted by molar-refractivity contribution is 6.33. The molecule has 0 bridgehead atoms. The van der Waals surface area contributed by atoms with E-state index in [1.165, 1.54) is 31.2 Å². The molecule has 3 atom stereocenters. The van der Waals surface area contributed by atoms with Crippen molar-refractivity contribution in [2.24, 2.45) is 17.8 Å². The summed E-state index contributed by atoms with van der Waals surface area (Å²) in [6.45, 7) is 0. The van der Waals surface area contributed by atoms with Gasteiger partial charge >= 0.3 is 0 Å². The molecule has 0 spiro atoms. The van der Waals surface area contributed by atoms with Crippen molar-refractivity contribution in [3.63, 3.8) is 0 Å². The van der Waals surface area contributed by atoms with Crippen molar-refractivity contribution < 1.29 is 0 Å². The Morgan fingerprint density at radius 2 is 1.89 bits per heavy atom. The predicted octanol–water partition coefficient (Wildman–Crippen LogP) is 4.56. The van der Waals surface area contributed by atoms with Crippen molar-refractivity contribution >= 4 is 23.2 Å². The number of rotatable bonds is 4. The summed E-state index contributed by atoms with van der Waals surface area (Å²) in [6.07, 6.45) is 6.69. The number of likely N-dealkylation sites (N-methyl/N-ethyl adjacent to an activating group) is 1. The molecule has 19 heavy (non-hydrogen) atoms. The third kappa shape index (κ3) is 2.79. The zero-order chi connectivity index (χ0) is 13.4. The quantitative estimate of drug-likeness (QED) is 0.859. The van der Waals surface area contributed by atoms with Crippen LogP contribution in [-0.4, -0.2) is 13.1 Å². The first-order chi connectivity index (χ1) is 9.20. The maximum atomic E-state index is 6.29. The van der Waals surface area contributed by atoms with Crippen molar-refractivity contribution in [2.45, 2.75) is 38.1 Å². The van der Waals surface area contributed by atoms with Crippen molar-refractivity contribution in [2.75, 3.05) is 7.05 Å². The van der Waals surface area contributed by atoms with Crippen molar-refractivity contribution in [3.05, 3.63) is 33.8 Å². The van der Waals surface area contributed by atoms with Crippen LogP contribution >= 0.6 is 23.2 Å². The largest absolute Gasteiger partial charge is 0.316 e. The minimum absolute atomic E-state index is 0.545. The summed E-state index contributed by atoms with van der Waals surface area (Å²) in [7, 11) is 2.08. The van der Waals surface area contributed by atoms with Gasteiger partial charge in [0.25, 0.3) is 0 Å². The Kier molecular flexibility index (Phi) is 4.07. The van der Waals surface area contributed by atoms with Crippen LogP contribution in [0.3, 0.4) is 0 Å². The fraction of sp³-hybridized carbons (Fsp3) is 0.625. The average molecular weight is 298 g/mol. The lowest BCUT2D eigenvalue weighted by molar-refractivity contribution is 0.460. The lowest BCUT2D eigenvalue weighted by atomic mass is 10.00. The van der Waals surface area contributed by atoms with Gasteiger partial charge in [0, 0.05) is 16.1 Å². The van der Waals surface area contributed by atoms with Crippen LogP contribution < -0.4 is 5.32 Å². The molecule has 0 saturated heterocycles. The summed E-state index contributed by atoms with van der Waals surface area (Å²) in [6, 6.07) is 6.33. The molecule has 1 aromatic carbocycles. The Balaban J connectivity index is 1.72. The molecule has 0 amide bonds. The number of halogens is 2. The molecule has 2 aliphatic carbocycles. The van der Waals surface area contributed by atoms with E-state index >= 15 is 0 Å². The van der Waals surface area contributed by atoms with Gasteiger partial charge in [0.05, 0.1) is 0 Å². The van der Waals surface area contributed by atoms with E-state index in [1.807, 2.05) is 18.2 Å². The van der Waals surface area contributed by atoms with Crippen LogP contribution in [0.4, 0.5) is 0 Å². The lowest BCUT2D eigenvalue weighted by Gasteiger charge is -2.17. The number of hydrogen-bond donors (Lipinski definition) is 1. The van der Waals surface area contributed by atoms with E-state index in [4.69, 9.17) is 23.2 Å². The van der Waals surface area contributed by atoms with Gasteiger partial charge in [-0.25, -0.2) is 0 Å². The predicted molar refractivity (Wildman–Crippen MR) is 82.0 cm³/mol. The summed E-state index contributed by atoms with van der Waals surface area (Å²) in [5.74, 6) is 2.77. The van der Waals surface area contributed by atoms with Crippen LogP contribution in [0.2, 0.25) is 10.0 Å². The molecule has 0 radical (unpaired) electrons. The first kappa shape index (κ1) is 13.7. The van der Waals surface area contributed by atoms with Crippen molar-refractivity contribution in [3.8, 4) is 0 Å². The Hall–Kier alpha value is -0.240. The standard InChI is InChI=1S/C16H21Cl2N/c1-19-15(16-12-4-2-3-5-13(12)16)9-10-8-11(17)6-7-14(10)18/h6-8,12-13,15-16,19H,2-5,9H2,1H3. The van der Waals surface area contributed by atoms with Gasteiger partial charge in [-0.2, -0.15) is 0 Å². The highest BCUT2D eigenvalue weighted by Crippen LogP contribution is 2.57. The van der Waals surface area contributed by atoms with E-state index in [0.29, 0.717) is 6.04 Å². The first-order valence-electron chi connectivity index (χ1n) is 7.32. The number of nitrogens with one attached hydrogen (secondary N) is 1. The van der Waals surface area contributed by atoms with Crippen LogP contribution in [-0.2, 0) is 6.42 Å². The maximum Gasteiger partial charge on any atom is 0.0439 e. The fourth-order valence-corrected chi connectivity index (χ4v) is 4.40. The second kappa shape index (κ2) is 5.63. The average Bonchev–Trinajstić information content (AvgIpc) is 3.14. The molecular weight excluding hydrogens is 277 g/mol. The molecule has 3 unspecified atom stereocenters. The molecular formula is C16H21Cl2N. The molecule has 0 heterocycles. The summed E-state index contributed by atoms with van der Waals surface area (Å²) in [4.78, 5) is 0. The molecule has 1 N–H and O–H groups in total. The Morgan fingerprint density at radius 3 is 2.53 bits per heavy atom. The molecule has 1 nitrogen and oxygen atoms in total. The lowest BCUT2D eigenvalue weighted by Crippen LogP contribution is -2.31. The molecule has 3 heteroatoms. The highest BCUT2D eigenvalue weighted by Gasteiger charge is 2.53. The summed E-state index contributed by atoms with van der Waals surface area (Å²) < 4.78 is 0. The molecule has 2 fully saturated rings. The van der Waals surface area contributed by atoms with Crippen LogP contribution in [0.5, 0.6) is 0 Å². The molecule has 2 saturated carbocycles. The summed E-state index contributed by atoms with van der Waals surface area (Å²) in [5.41, 5.74) is 1.18. The normalized spacial score (nSPS) is 30.8. The third-order valence-corrected chi connectivity index (χ3v) is 5.61. The Morgan fingerprint density at radius 1 is 1.21 bits per heavy atom. The van der Waals surface area contributed by atoms with Crippen LogP contribution in [0.15, 0.2) is 18.2 Å². The van der Waals surface area contributed by atoms with Gasteiger partial charge in [-0.15, -0.1) is 0 Å². The number of benzene rings is 1. The monoisotopic (exact) mass is 297 g/mol. The van der Waals surface area contributed by atoms with Gasteiger partial charge in [0.15, 0.2) is 0 Å². The van der Waals surface area contributed by atoms with E-state index in [2.05, 4.69) is 12.4 Å². The van der Waals surface area contributed by atoms with E-state index in [1.54, 1.807) is 0 Å². The van der Waals surface area contributed by atoms with Crippen LogP contribution in [0, 0.1) is 17.8 Å². The van der Waals surface area contributed by atoms with Crippen molar-refractivity contribution in [1.82, 2.24) is 5.32 Å². The van der Waals surface area contributed by atoms with Gasteiger partial charge in [0.1, 0.15) is 0 Å². The van der Waals surface area contributed by atoms with Crippen LogP contribution in [0.25, 0.3) is 0 Å². The topological polar surface area (TPSA) is 12.0 Å². The Bertz CT molecular complexity index is 448. The molecule has 2 aliphatic rings. The molecule has 0 aliphatic heterocycles. The molecule has 0 aromatic heterocycles. The highest BCUT2D eigenvalue weighted by atomic mass is 35.5. The summed E-state index contributed by atoms with van der Waals surface area (Å²) in [5, 5.41) is 5.13. The minimum atomic E-state index is 0.545. The zero-order valence-corrected chi connectivity index (χ0v) is 12.8.